The lowest BCUT2D eigenvalue weighted by Crippen LogP contribution is -2.54. The molecule has 2 rings (SSSR count). The van der Waals surface area contributed by atoms with Gasteiger partial charge in [0.15, 0.2) is 9.84 Å². The van der Waals surface area contributed by atoms with Gasteiger partial charge in [0.2, 0.25) is 0 Å². The van der Waals surface area contributed by atoms with Crippen molar-refractivity contribution in [2.24, 2.45) is 0 Å². The summed E-state index contributed by atoms with van der Waals surface area (Å²) in [5, 5.41) is 18.3. The molecule has 0 aromatic carbocycles. The highest BCUT2D eigenvalue weighted by Gasteiger charge is 2.36. The molecule has 2 saturated heterocycles. The molecule has 0 spiro atoms. The SMILES string of the molecule is CC(C)(C)OC(=O)N1CCS(=O)(=O)CC1CO.CC(C)(C)OC(=O)N1CCSCC1CO. The lowest BCUT2D eigenvalue weighted by Gasteiger charge is -2.35. The summed E-state index contributed by atoms with van der Waals surface area (Å²) in [5.74, 6) is 1.41. The Labute approximate surface area is 195 Å². The Morgan fingerprint density at radius 2 is 1.38 bits per heavy atom. The van der Waals surface area contributed by atoms with Crippen molar-refractivity contribution >= 4 is 33.8 Å². The molecule has 2 heterocycles. The quantitative estimate of drug-likeness (QED) is 0.578. The largest absolute Gasteiger partial charge is 0.444 e. The number of rotatable bonds is 2. The van der Waals surface area contributed by atoms with Crippen molar-refractivity contribution in [1.29, 1.82) is 0 Å². The first kappa shape index (κ1) is 28.8. The van der Waals surface area contributed by atoms with Crippen LogP contribution in [0.15, 0.2) is 0 Å². The molecule has 0 aromatic rings. The second-order valence-corrected chi connectivity index (χ2v) is 13.1. The van der Waals surface area contributed by atoms with Crippen molar-refractivity contribution in [3.8, 4) is 0 Å². The van der Waals surface area contributed by atoms with E-state index in [2.05, 4.69) is 0 Å². The maximum Gasteiger partial charge on any atom is 0.410 e. The van der Waals surface area contributed by atoms with Crippen LogP contribution < -0.4 is 0 Å². The number of aliphatic hydroxyl groups is 2. The average molecular weight is 499 g/mol. The molecule has 2 amide bonds. The smallest absolute Gasteiger partial charge is 0.410 e. The Bertz CT molecular complexity index is 731. The molecule has 0 saturated carbocycles. The van der Waals surface area contributed by atoms with E-state index < -0.39 is 33.2 Å². The second kappa shape index (κ2) is 11.8. The van der Waals surface area contributed by atoms with Crippen LogP contribution in [0.3, 0.4) is 0 Å². The fourth-order valence-corrected chi connectivity index (χ4v) is 5.53. The average Bonchev–Trinajstić information content (AvgIpc) is 2.64. The lowest BCUT2D eigenvalue weighted by atomic mass is 10.2. The molecule has 10 nitrogen and oxygen atoms in total. The highest BCUT2D eigenvalue weighted by atomic mass is 32.2. The molecule has 2 fully saturated rings. The summed E-state index contributed by atoms with van der Waals surface area (Å²) in [6.07, 6.45) is -0.895. The van der Waals surface area contributed by atoms with Gasteiger partial charge in [0.25, 0.3) is 0 Å². The fraction of sp³-hybridized carbons (Fsp3) is 0.900. The molecular formula is C20H38N2O8S2. The van der Waals surface area contributed by atoms with Crippen LogP contribution >= 0.6 is 11.8 Å². The van der Waals surface area contributed by atoms with Gasteiger partial charge in [0.05, 0.1) is 36.8 Å². The van der Waals surface area contributed by atoms with E-state index in [1.807, 2.05) is 20.8 Å². The summed E-state index contributed by atoms with van der Waals surface area (Å²) in [5.41, 5.74) is -1.10. The first-order valence-electron chi connectivity index (χ1n) is 10.6. The molecule has 32 heavy (non-hydrogen) atoms. The van der Waals surface area contributed by atoms with E-state index in [0.29, 0.717) is 6.54 Å². The molecule has 2 atom stereocenters. The van der Waals surface area contributed by atoms with Gasteiger partial charge in [-0.15, -0.1) is 0 Å². The van der Waals surface area contributed by atoms with Gasteiger partial charge in [-0.25, -0.2) is 18.0 Å². The monoisotopic (exact) mass is 498 g/mol. The van der Waals surface area contributed by atoms with Crippen molar-refractivity contribution in [1.82, 2.24) is 9.80 Å². The Morgan fingerprint density at radius 1 is 0.906 bits per heavy atom. The Morgan fingerprint density at radius 3 is 1.81 bits per heavy atom. The zero-order valence-electron chi connectivity index (χ0n) is 19.9. The van der Waals surface area contributed by atoms with Crippen molar-refractivity contribution in [3.05, 3.63) is 0 Å². The Kier molecular flexibility index (Phi) is 10.6. The number of amides is 2. The standard InChI is InChI=1S/C10H19NO5S.C10H19NO3S/c1-10(2,3)16-9(13)11-4-5-17(14,15)7-8(11)6-12;1-10(2,3)14-9(13)11-4-5-15-7-8(11)6-12/h8,12H,4-7H2,1-3H3;8,12H,4-7H2,1-3H3. The summed E-state index contributed by atoms with van der Waals surface area (Å²) in [6.45, 7) is 11.1. The minimum absolute atomic E-state index is 0.00619. The fourth-order valence-electron chi connectivity index (χ4n) is 2.97. The summed E-state index contributed by atoms with van der Waals surface area (Å²) >= 11 is 1.76. The molecule has 188 valence electrons. The van der Waals surface area contributed by atoms with Gasteiger partial charge in [-0.05, 0) is 41.5 Å². The number of carbonyl (C=O) groups excluding carboxylic acids is 2. The van der Waals surface area contributed by atoms with Gasteiger partial charge < -0.3 is 29.5 Å². The van der Waals surface area contributed by atoms with E-state index in [9.17, 15) is 18.0 Å². The van der Waals surface area contributed by atoms with Crippen molar-refractivity contribution in [2.45, 2.75) is 64.8 Å². The molecule has 0 aliphatic carbocycles. The number of thioether (sulfide) groups is 1. The van der Waals surface area contributed by atoms with Crippen molar-refractivity contribution in [2.75, 3.05) is 49.3 Å². The van der Waals surface area contributed by atoms with Crippen LogP contribution in [-0.4, -0.2) is 113 Å². The molecule has 2 N–H and O–H groups in total. The second-order valence-electron chi connectivity index (χ2n) is 9.71. The van der Waals surface area contributed by atoms with E-state index in [0.717, 1.165) is 11.5 Å². The number of hydrogen-bond donors (Lipinski definition) is 2. The molecule has 2 aliphatic heterocycles. The number of hydrogen-bond acceptors (Lipinski definition) is 9. The van der Waals surface area contributed by atoms with Crippen LogP contribution in [0.5, 0.6) is 0 Å². The van der Waals surface area contributed by atoms with Crippen LogP contribution in [0.2, 0.25) is 0 Å². The zero-order valence-corrected chi connectivity index (χ0v) is 21.5. The highest BCUT2D eigenvalue weighted by molar-refractivity contribution is 7.99. The van der Waals surface area contributed by atoms with Gasteiger partial charge in [0.1, 0.15) is 11.2 Å². The van der Waals surface area contributed by atoms with E-state index in [-0.39, 0.29) is 43.4 Å². The topological polar surface area (TPSA) is 134 Å². The van der Waals surface area contributed by atoms with E-state index >= 15 is 0 Å². The van der Waals surface area contributed by atoms with Gasteiger partial charge in [-0.2, -0.15) is 11.8 Å². The number of carbonyl (C=O) groups is 2. The van der Waals surface area contributed by atoms with Crippen LogP contribution in [-0.2, 0) is 19.3 Å². The molecule has 0 radical (unpaired) electrons. The van der Waals surface area contributed by atoms with Crippen LogP contribution in [0.4, 0.5) is 9.59 Å². The lowest BCUT2D eigenvalue weighted by molar-refractivity contribution is 0.0117. The predicted octanol–water partition coefficient (Wildman–Crippen LogP) is 1.34. The molecule has 0 aromatic heterocycles. The van der Waals surface area contributed by atoms with Crippen LogP contribution in [0.1, 0.15) is 41.5 Å². The van der Waals surface area contributed by atoms with Gasteiger partial charge in [0, 0.05) is 24.6 Å². The third kappa shape index (κ3) is 10.1. The summed E-state index contributed by atoms with van der Waals surface area (Å²) in [6, 6.07) is -0.804. The van der Waals surface area contributed by atoms with E-state index in [1.165, 1.54) is 4.90 Å². The molecule has 2 aliphatic rings. The van der Waals surface area contributed by atoms with E-state index in [1.54, 1.807) is 37.4 Å². The van der Waals surface area contributed by atoms with Crippen LogP contribution in [0.25, 0.3) is 0 Å². The zero-order chi connectivity index (χ0) is 24.7. The van der Waals surface area contributed by atoms with Gasteiger partial charge in [-0.3, -0.25) is 0 Å². The summed E-state index contributed by atoms with van der Waals surface area (Å²) in [4.78, 5) is 26.5. The van der Waals surface area contributed by atoms with Crippen molar-refractivity contribution in [3.63, 3.8) is 0 Å². The summed E-state index contributed by atoms with van der Waals surface area (Å²) in [7, 11) is -3.16. The summed E-state index contributed by atoms with van der Waals surface area (Å²) < 4.78 is 33.2. The van der Waals surface area contributed by atoms with Gasteiger partial charge >= 0.3 is 12.2 Å². The maximum absolute atomic E-state index is 11.8. The third-order valence-corrected chi connectivity index (χ3v) is 7.22. The predicted molar refractivity (Wildman–Crippen MR) is 124 cm³/mol. The Balaban J connectivity index is 0.000000323. The number of sulfone groups is 1. The first-order valence-corrected chi connectivity index (χ1v) is 13.6. The normalized spacial score (nSPS) is 23.6. The van der Waals surface area contributed by atoms with Gasteiger partial charge in [-0.1, -0.05) is 0 Å². The highest BCUT2D eigenvalue weighted by Crippen LogP contribution is 2.19. The molecule has 12 heteroatoms. The molecule has 0 bridgehead atoms. The third-order valence-electron chi connectivity index (χ3n) is 4.44. The molecule has 2 unspecified atom stereocenters. The van der Waals surface area contributed by atoms with Crippen LogP contribution in [0, 0.1) is 0 Å². The van der Waals surface area contributed by atoms with E-state index in [4.69, 9.17) is 19.7 Å². The minimum Gasteiger partial charge on any atom is -0.444 e. The number of aliphatic hydroxyl groups excluding tert-OH is 2. The first-order chi connectivity index (χ1) is 14.6. The maximum atomic E-state index is 11.8. The Hall–Kier alpha value is -1.24. The number of nitrogens with zero attached hydrogens (tertiary/aromatic N) is 2. The minimum atomic E-state index is -3.16. The van der Waals surface area contributed by atoms with Crippen molar-refractivity contribution < 1.29 is 37.7 Å². The number of ether oxygens (including phenoxy) is 2. The molecular weight excluding hydrogens is 460 g/mol.